The molecule has 20 heavy (non-hydrogen) atoms. The van der Waals surface area contributed by atoms with Crippen molar-refractivity contribution in [3.63, 3.8) is 0 Å². The van der Waals surface area contributed by atoms with E-state index in [9.17, 15) is 0 Å². The molecule has 0 spiro atoms. The lowest BCUT2D eigenvalue weighted by Crippen LogP contribution is -2.26. The van der Waals surface area contributed by atoms with Crippen LogP contribution in [0.2, 0.25) is 0 Å². The second kappa shape index (κ2) is 5.14. The van der Waals surface area contributed by atoms with E-state index in [0.29, 0.717) is 6.04 Å². The monoisotopic (exact) mass is 288 g/mol. The number of aryl methyl sites for hydroxylation is 2. The Morgan fingerprint density at radius 3 is 2.85 bits per heavy atom. The maximum atomic E-state index is 5.42. The molecule has 0 N–H and O–H groups in total. The molecule has 0 radical (unpaired) electrons. The van der Waals surface area contributed by atoms with Gasteiger partial charge in [0, 0.05) is 13.1 Å². The second-order valence-corrected chi connectivity index (χ2v) is 5.91. The zero-order valence-electron chi connectivity index (χ0n) is 12.2. The summed E-state index contributed by atoms with van der Waals surface area (Å²) in [4.78, 5) is 2.34. The van der Waals surface area contributed by atoms with Gasteiger partial charge in [-0.2, -0.15) is 5.10 Å². The predicted molar refractivity (Wildman–Crippen MR) is 82.0 cm³/mol. The Balaban J connectivity index is 1.83. The standard InChI is InChI=1S/C15H20N4S/c1-11-16-19(15(20)18(11)3)10-17(2)14-9-8-12-6-4-5-7-13(12)14/h4-7,14H,8-10H2,1-3H3. The predicted octanol–water partition coefficient (Wildman–Crippen LogP) is 2.84. The fourth-order valence-electron chi connectivity index (χ4n) is 2.99. The summed E-state index contributed by atoms with van der Waals surface area (Å²) in [5.41, 5.74) is 2.93. The van der Waals surface area contributed by atoms with E-state index in [2.05, 4.69) is 41.3 Å². The van der Waals surface area contributed by atoms with Crippen LogP contribution < -0.4 is 0 Å². The number of hydrogen-bond acceptors (Lipinski definition) is 3. The molecule has 0 amide bonds. The fraction of sp³-hybridized carbons (Fsp3) is 0.467. The number of fused-ring (bicyclic) bond motifs is 1. The number of aromatic nitrogens is 3. The molecule has 0 saturated heterocycles. The minimum absolute atomic E-state index is 0.468. The molecule has 5 heteroatoms. The highest BCUT2D eigenvalue weighted by molar-refractivity contribution is 7.71. The topological polar surface area (TPSA) is 26.0 Å². The lowest BCUT2D eigenvalue weighted by atomic mass is 10.1. The van der Waals surface area contributed by atoms with Crippen molar-refractivity contribution in [1.82, 2.24) is 19.2 Å². The summed E-state index contributed by atoms with van der Waals surface area (Å²) in [6.07, 6.45) is 2.34. The van der Waals surface area contributed by atoms with Crippen LogP contribution in [0.5, 0.6) is 0 Å². The molecule has 106 valence electrons. The molecule has 1 aromatic carbocycles. The van der Waals surface area contributed by atoms with Gasteiger partial charge in [-0.1, -0.05) is 24.3 Å². The normalized spacial score (nSPS) is 17.7. The summed E-state index contributed by atoms with van der Waals surface area (Å²) in [7, 11) is 4.12. The Bertz CT molecular complexity index is 685. The molecule has 0 saturated carbocycles. The van der Waals surface area contributed by atoms with Crippen LogP contribution in [0.25, 0.3) is 0 Å². The third kappa shape index (κ3) is 2.21. The van der Waals surface area contributed by atoms with Crippen LogP contribution in [0.1, 0.15) is 29.4 Å². The van der Waals surface area contributed by atoms with Gasteiger partial charge in [0.15, 0.2) is 4.77 Å². The molecule has 0 bridgehead atoms. The van der Waals surface area contributed by atoms with Crippen LogP contribution in [-0.2, 0) is 20.1 Å². The van der Waals surface area contributed by atoms with Gasteiger partial charge < -0.3 is 4.57 Å². The number of nitrogens with zero attached hydrogens (tertiary/aromatic N) is 4. The van der Waals surface area contributed by atoms with Crippen molar-refractivity contribution in [2.24, 2.45) is 7.05 Å². The largest absolute Gasteiger partial charge is 0.307 e. The third-order valence-electron chi connectivity index (χ3n) is 4.25. The van der Waals surface area contributed by atoms with Gasteiger partial charge in [0.1, 0.15) is 5.82 Å². The van der Waals surface area contributed by atoms with Crippen molar-refractivity contribution in [1.29, 1.82) is 0 Å². The van der Waals surface area contributed by atoms with Crippen molar-refractivity contribution in [2.75, 3.05) is 7.05 Å². The highest BCUT2D eigenvalue weighted by atomic mass is 32.1. The first kappa shape index (κ1) is 13.5. The van der Waals surface area contributed by atoms with E-state index < -0.39 is 0 Å². The molecule has 0 aliphatic heterocycles. The molecular formula is C15H20N4S. The minimum Gasteiger partial charge on any atom is -0.307 e. The van der Waals surface area contributed by atoms with Crippen molar-refractivity contribution < 1.29 is 0 Å². The van der Waals surface area contributed by atoms with Gasteiger partial charge in [-0.25, -0.2) is 4.68 Å². The molecule has 1 unspecified atom stereocenters. The quantitative estimate of drug-likeness (QED) is 0.812. The molecule has 2 aromatic rings. The van der Waals surface area contributed by atoms with Gasteiger partial charge in [0.05, 0.1) is 6.67 Å². The van der Waals surface area contributed by atoms with E-state index in [4.69, 9.17) is 12.2 Å². The molecule has 0 fully saturated rings. The smallest absolute Gasteiger partial charge is 0.198 e. The Kier molecular flexibility index (Phi) is 3.48. The van der Waals surface area contributed by atoms with Crippen LogP contribution in [0.4, 0.5) is 0 Å². The first-order chi connectivity index (χ1) is 9.58. The summed E-state index contributed by atoms with van der Waals surface area (Å²) in [6.45, 7) is 2.72. The van der Waals surface area contributed by atoms with Crippen LogP contribution in [0.15, 0.2) is 24.3 Å². The molecule has 4 nitrogen and oxygen atoms in total. The Morgan fingerprint density at radius 1 is 1.40 bits per heavy atom. The molecular weight excluding hydrogens is 268 g/mol. The van der Waals surface area contributed by atoms with E-state index in [1.54, 1.807) is 0 Å². The lowest BCUT2D eigenvalue weighted by Gasteiger charge is -2.24. The van der Waals surface area contributed by atoms with Crippen molar-refractivity contribution in [2.45, 2.75) is 32.5 Å². The molecule has 3 rings (SSSR count). The highest BCUT2D eigenvalue weighted by Crippen LogP contribution is 2.34. The average molecular weight is 288 g/mol. The van der Waals surface area contributed by atoms with Gasteiger partial charge in [0.2, 0.25) is 0 Å². The van der Waals surface area contributed by atoms with Gasteiger partial charge >= 0.3 is 0 Å². The number of benzene rings is 1. The molecule has 1 aromatic heterocycles. The second-order valence-electron chi connectivity index (χ2n) is 5.54. The van der Waals surface area contributed by atoms with Crippen LogP contribution in [0, 0.1) is 11.7 Å². The summed E-state index contributed by atoms with van der Waals surface area (Å²) in [6, 6.07) is 9.20. The summed E-state index contributed by atoms with van der Waals surface area (Å²) < 4.78 is 4.64. The molecule has 1 aliphatic carbocycles. The van der Waals surface area contributed by atoms with E-state index in [1.165, 1.54) is 17.5 Å². The SMILES string of the molecule is Cc1nn(CN(C)C2CCc3ccccc32)c(=S)n1C. The maximum absolute atomic E-state index is 5.42. The van der Waals surface area contributed by atoms with Gasteiger partial charge in [-0.3, -0.25) is 4.90 Å². The zero-order chi connectivity index (χ0) is 14.3. The Labute approximate surface area is 124 Å². The van der Waals surface area contributed by atoms with Gasteiger partial charge in [-0.15, -0.1) is 0 Å². The first-order valence-corrected chi connectivity index (χ1v) is 7.37. The Hall–Kier alpha value is -1.46. The van der Waals surface area contributed by atoms with Crippen LogP contribution in [0.3, 0.4) is 0 Å². The molecule has 1 heterocycles. The van der Waals surface area contributed by atoms with Crippen molar-refractivity contribution >= 4 is 12.2 Å². The van der Waals surface area contributed by atoms with Crippen molar-refractivity contribution in [3.05, 3.63) is 46.0 Å². The van der Waals surface area contributed by atoms with E-state index in [-0.39, 0.29) is 0 Å². The van der Waals surface area contributed by atoms with Crippen molar-refractivity contribution in [3.8, 4) is 0 Å². The minimum atomic E-state index is 0.468. The molecule has 1 atom stereocenters. The van der Waals surface area contributed by atoms with Crippen LogP contribution in [-0.4, -0.2) is 26.3 Å². The average Bonchev–Trinajstić information content (AvgIpc) is 2.97. The van der Waals surface area contributed by atoms with E-state index in [0.717, 1.165) is 23.7 Å². The van der Waals surface area contributed by atoms with E-state index in [1.807, 2.05) is 23.2 Å². The number of hydrogen-bond donors (Lipinski definition) is 0. The zero-order valence-corrected chi connectivity index (χ0v) is 13.0. The van der Waals surface area contributed by atoms with E-state index >= 15 is 0 Å². The summed E-state index contributed by atoms with van der Waals surface area (Å²) in [5.74, 6) is 0.954. The lowest BCUT2D eigenvalue weighted by molar-refractivity contribution is 0.181. The highest BCUT2D eigenvalue weighted by Gasteiger charge is 2.25. The Morgan fingerprint density at radius 2 is 2.15 bits per heavy atom. The molecule has 1 aliphatic rings. The summed E-state index contributed by atoms with van der Waals surface area (Å²) >= 11 is 5.42. The first-order valence-electron chi connectivity index (χ1n) is 6.96. The third-order valence-corrected chi connectivity index (χ3v) is 4.73. The fourth-order valence-corrected chi connectivity index (χ4v) is 3.22. The summed E-state index contributed by atoms with van der Waals surface area (Å²) in [5, 5.41) is 4.51. The van der Waals surface area contributed by atoms with Gasteiger partial charge in [0.25, 0.3) is 0 Å². The van der Waals surface area contributed by atoms with Gasteiger partial charge in [-0.05, 0) is 50.2 Å². The maximum Gasteiger partial charge on any atom is 0.198 e. The van der Waals surface area contributed by atoms with Crippen LogP contribution >= 0.6 is 12.2 Å². The number of rotatable bonds is 3.